The van der Waals surface area contributed by atoms with Gasteiger partial charge in [-0.15, -0.1) is 0 Å². The lowest BCUT2D eigenvalue weighted by atomic mass is 10.1. The lowest BCUT2D eigenvalue weighted by Gasteiger charge is -2.31. The van der Waals surface area contributed by atoms with Gasteiger partial charge < -0.3 is 14.7 Å². The van der Waals surface area contributed by atoms with Gasteiger partial charge in [0.05, 0.1) is 18.7 Å². The van der Waals surface area contributed by atoms with Gasteiger partial charge in [0, 0.05) is 16.3 Å². The van der Waals surface area contributed by atoms with E-state index in [4.69, 9.17) is 9.84 Å². The van der Waals surface area contributed by atoms with Crippen LogP contribution in [-0.2, 0) is 9.53 Å². The van der Waals surface area contributed by atoms with Crippen LogP contribution in [0.1, 0.15) is 15.9 Å². The van der Waals surface area contributed by atoms with Gasteiger partial charge in [-0.05, 0) is 36.8 Å². The summed E-state index contributed by atoms with van der Waals surface area (Å²) < 4.78 is 5.20. The summed E-state index contributed by atoms with van der Waals surface area (Å²) in [5.41, 5.74) is 1.66. The molecule has 3 rings (SSSR count). The highest BCUT2D eigenvalue weighted by Gasteiger charge is 2.30. The van der Waals surface area contributed by atoms with Gasteiger partial charge in [-0.25, -0.2) is 4.79 Å². The number of carbonyl (C=O) groups excluding carboxylic acids is 1. The number of nitrogens with zero attached hydrogens (tertiary/aromatic N) is 1. The van der Waals surface area contributed by atoms with Crippen molar-refractivity contribution in [2.75, 3.05) is 19.7 Å². The second-order valence-corrected chi connectivity index (χ2v) is 6.98. The number of carboxylic acids is 1. The molecule has 130 valence electrons. The first kappa shape index (κ1) is 17.5. The monoisotopic (exact) mass is 357 g/mol. The zero-order valence-electron chi connectivity index (χ0n) is 13.8. The summed E-state index contributed by atoms with van der Waals surface area (Å²) in [5, 5.41) is 9.13. The number of ether oxygens (including phenoxy) is 1. The van der Waals surface area contributed by atoms with Gasteiger partial charge in [0.15, 0.2) is 6.10 Å². The maximum Gasteiger partial charge on any atom is 0.334 e. The van der Waals surface area contributed by atoms with Crippen LogP contribution in [0.25, 0.3) is 0 Å². The van der Waals surface area contributed by atoms with E-state index in [1.54, 1.807) is 4.90 Å². The highest BCUT2D eigenvalue weighted by molar-refractivity contribution is 7.99. The minimum atomic E-state index is -1.04. The molecule has 1 fully saturated rings. The number of aryl methyl sites for hydroxylation is 1. The molecule has 0 aliphatic carbocycles. The average molecular weight is 357 g/mol. The Morgan fingerprint density at radius 2 is 1.96 bits per heavy atom. The molecule has 6 heteroatoms. The smallest absolute Gasteiger partial charge is 0.334 e. The molecule has 2 aromatic carbocycles. The molecule has 1 aliphatic rings. The summed E-state index contributed by atoms with van der Waals surface area (Å²) in [6.07, 6.45) is -0.964. The van der Waals surface area contributed by atoms with E-state index < -0.39 is 12.1 Å². The van der Waals surface area contributed by atoms with Gasteiger partial charge in [-0.3, -0.25) is 4.79 Å². The van der Waals surface area contributed by atoms with Crippen LogP contribution >= 0.6 is 11.8 Å². The number of amides is 1. The molecule has 25 heavy (non-hydrogen) atoms. The van der Waals surface area contributed by atoms with Crippen molar-refractivity contribution in [3.05, 3.63) is 59.7 Å². The van der Waals surface area contributed by atoms with E-state index in [0.29, 0.717) is 12.1 Å². The molecule has 2 aromatic rings. The summed E-state index contributed by atoms with van der Waals surface area (Å²) in [7, 11) is 0. The first-order chi connectivity index (χ1) is 12.0. The van der Waals surface area contributed by atoms with Crippen LogP contribution in [-0.4, -0.2) is 47.7 Å². The first-order valence-corrected chi connectivity index (χ1v) is 8.83. The number of hydrogen-bond donors (Lipinski definition) is 1. The van der Waals surface area contributed by atoms with E-state index in [1.165, 1.54) is 11.8 Å². The Labute approximate surface area is 150 Å². The van der Waals surface area contributed by atoms with Crippen molar-refractivity contribution in [1.29, 1.82) is 0 Å². The minimum Gasteiger partial charge on any atom is -0.479 e. The molecule has 1 heterocycles. The molecule has 1 unspecified atom stereocenters. The van der Waals surface area contributed by atoms with Crippen LogP contribution in [0.2, 0.25) is 0 Å². The molecule has 0 spiro atoms. The molecular weight excluding hydrogens is 338 g/mol. The standard InChI is InChI=1S/C19H19NO4S/c1-13-7-8-15(17(11-13)25-14-5-3-2-4-6-14)18(21)20-9-10-24-16(12-20)19(22)23/h2-8,11,16H,9-10,12H2,1H3,(H,22,23). The predicted molar refractivity (Wildman–Crippen MR) is 95.0 cm³/mol. The Morgan fingerprint density at radius 3 is 2.68 bits per heavy atom. The summed E-state index contributed by atoms with van der Waals surface area (Å²) in [6, 6.07) is 15.6. The third kappa shape index (κ3) is 4.21. The fraction of sp³-hybridized carbons (Fsp3) is 0.263. The second-order valence-electron chi connectivity index (χ2n) is 5.86. The molecule has 1 atom stereocenters. The van der Waals surface area contributed by atoms with Crippen molar-refractivity contribution in [2.45, 2.75) is 22.8 Å². The molecule has 1 saturated heterocycles. The Morgan fingerprint density at radius 1 is 1.20 bits per heavy atom. The van der Waals surface area contributed by atoms with Crippen molar-refractivity contribution in [2.24, 2.45) is 0 Å². The lowest BCUT2D eigenvalue weighted by molar-refractivity contribution is -0.154. The summed E-state index contributed by atoms with van der Waals surface area (Å²) in [5.74, 6) is -1.20. The van der Waals surface area contributed by atoms with Crippen molar-refractivity contribution in [3.63, 3.8) is 0 Å². The Hall–Kier alpha value is -2.31. The number of rotatable bonds is 4. The highest BCUT2D eigenvalue weighted by atomic mass is 32.2. The Bertz CT molecular complexity index is 778. The predicted octanol–water partition coefficient (Wildman–Crippen LogP) is 3.07. The fourth-order valence-corrected chi connectivity index (χ4v) is 3.72. The SMILES string of the molecule is Cc1ccc(C(=O)N2CCOC(C(=O)O)C2)c(Sc2ccccc2)c1. The van der Waals surface area contributed by atoms with Gasteiger partial charge in [0.1, 0.15) is 0 Å². The van der Waals surface area contributed by atoms with E-state index in [-0.39, 0.29) is 19.1 Å². The van der Waals surface area contributed by atoms with Crippen molar-refractivity contribution in [1.82, 2.24) is 4.90 Å². The number of carbonyl (C=O) groups is 2. The van der Waals surface area contributed by atoms with Crippen LogP contribution in [0.15, 0.2) is 58.3 Å². The molecule has 0 radical (unpaired) electrons. The average Bonchev–Trinajstić information content (AvgIpc) is 2.62. The van der Waals surface area contributed by atoms with Crippen LogP contribution in [0.5, 0.6) is 0 Å². The second kappa shape index (κ2) is 7.72. The zero-order valence-corrected chi connectivity index (χ0v) is 14.7. The van der Waals surface area contributed by atoms with Gasteiger partial charge in [0.25, 0.3) is 5.91 Å². The van der Waals surface area contributed by atoms with E-state index in [1.807, 2.05) is 55.5 Å². The molecule has 1 N–H and O–H groups in total. The first-order valence-electron chi connectivity index (χ1n) is 8.02. The molecule has 5 nitrogen and oxygen atoms in total. The normalized spacial score (nSPS) is 17.3. The number of benzene rings is 2. The molecule has 0 saturated carbocycles. The van der Waals surface area contributed by atoms with Crippen LogP contribution in [0, 0.1) is 6.92 Å². The molecule has 1 amide bonds. The van der Waals surface area contributed by atoms with E-state index in [0.717, 1.165) is 15.4 Å². The zero-order chi connectivity index (χ0) is 17.8. The largest absolute Gasteiger partial charge is 0.479 e. The van der Waals surface area contributed by atoms with E-state index >= 15 is 0 Å². The van der Waals surface area contributed by atoms with E-state index in [2.05, 4.69) is 0 Å². The van der Waals surface area contributed by atoms with Gasteiger partial charge in [-0.2, -0.15) is 0 Å². The summed E-state index contributed by atoms with van der Waals surface area (Å²) in [6.45, 7) is 2.68. The van der Waals surface area contributed by atoms with E-state index in [9.17, 15) is 9.59 Å². The van der Waals surface area contributed by atoms with Crippen molar-refractivity contribution in [3.8, 4) is 0 Å². The van der Waals surface area contributed by atoms with Gasteiger partial charge >= 0.3 is 5.97 Å². The summed E-state index contributed by atoms with van der Waals surface area (Å²) in [4.78, 5) is 27.6. The third-order valence-electron chi connectivity index (χ3n) is 3.97. The number of hydrogen-bond acceptors (Lipinski definition) is 4. The van der Waals surface area contributed by atoms with Crippen LogP contribution in [0.3, 0.4) is 0 Å². The molecule has 1 aliphatic heterocycles. The van der Waals surface area contributed by atoms with Crippen LogP contribution < -0.4 is 0 Å². The number of carboxylic acid groups (broad SMARTS) is 1. The molecule has 0 bridgehead atoms. The number of aliphatic carboxylic acids is 1. The number of morpholine rings is 1. The van der Waals surface area contributed by atoms with Crippen molar-refractivity contribution >= 4 is 23.6 Å². The minimum absolute atomic E-state index is 0.0670. The third-order valence-corrected chi connectivity index (χ3v) is 5.03. The molecule has 0 aromatic heterocycles. The summed E-state index contributed by atoms with van der Waals surface area (Å²) >= 11 is 1.53. The van der Waals surface area contributed by atoms with Gasteiger partial charge in [0.2, 0.25) is 0 Å². The fourth-order valence-electron chi connectivity index (χ4n) is 2.66. The van der Waals surface area contributed by atoms with Crippen LogP contribution in [0.4, 0.5) is 0 Å². The quantitative estimate of drug-likeness (QED) is 0.911. The Kier molecular flexibility index (Phi) is 5.40. The lowest BCUT2D eigenvalue weighted by Crippen LogP contribution is -2.48. The maximum absolute atomic E-state index is 13.0. The topological polar surface area (TPSA) is 66.8 Å². The maximum atomic E-state index is 13.0. The Balaban J connectivity index is 1.86. The van der Waals surface area contributed by atoms with Gasteiger partial charge in [-0.1, -0.05) is 36.0 Å². The molecular formula is C19H19NO4S. The highest BCUT2D eigenvalue weighted by Crippen LogP contribution is 2.32. The van der Waals surface area contributed by atoms with Crippen molar-refractivity contribution < 1.29 is 19.4 Å².